The molecule has 2 rings (SSSR count). The van der Waals surface area contributed by atoms with Gasteiger partial charge < -0.3 is 5.73 Å². The maximum absolute atomic E-state index is 12.4. The van der Waals surface area contributed by atoms with Crippen LogP contribution in [0.2, 0.25) is 0 Å². The first kappa shape index (κ1) is 15.5. The summed E-state index contributed by atoms with van der Waals surface area (Å²) in [6, 6.07) is 7.25. The van der Waals surface area contributed by atoms with Crippen LogP contribution < -0.4 is 5.73 Å². The number of aryl methyl sites for hydroxylation is 1. The number of benzene rings is 1. The van der Waals surface area contributed by atoms with Crippen LogP contribution in [0.1, 0.15) is 32.3 Å². The van der Waals surface area contributed by atoms with Crippen molar-refractivity contribution in [3.05, 3.63) is 29.8 Å². The summed E-state index contributed by atoms with van der Waals surface area (Å²) >= 11 is 0. The summed E-state index contributed by atoms with van der Waals surface area (Å²) < 4.78 is 26.3. The lowest BCUT2D eigenvalue weighted by atomic mass is 10.0. The van der Waals surface area contributed by atoms with E-state index in [0.29, 0.717) is 23.9 Å². The van der Waals surface area contributed by atoms with Crippen LogP contribution in [0.25, 0.3) is 0 Å². The lowest BCUT2D eigenvalue weighted by Gasteiger charge is -2.16. The second-order valence-electron chi connectivity index (χ2n) is 5.99. The topological polar surface area (TPSA) is 63.4 Å². The molecule has 1 atom stereocenters. The average Bonchev–Trinajstić information content (AvgIpc) is 2.84. The molecular weight excluding hydrogens is 272 g/mol. The molecule has 0 spiro atoms. The van der Waals surface area contributed by atoms with Crippen LogP contribution in [0.4, 0.5) is 0 Å². The molecule has 0 bridgehead atoms. The highest BCUT2D eigenvalue weighted by Gasteiger charge is 2.30. The predicted molar refractivity (Wildman–Crippen MR) is 81.0 cm³/mol. The highest BCUT2D eigenvalue weighted by Crippen LogP contribution is 2.21. The van der Waals surface area contributed by atoms with Gasteiger partial charge in [-0.2, -0.15) is 4.31 Å². The Morgan fingerprint density at radius 2 is 1.95 bits per heavy atom. The number of nitrogens with zero attached hydrogens (tertiary/aromatic N) is 1. The van der Waals surface area contributed by atoms with Gasteiger partial charge in [0.05, 0.1) is 4.90 Å². The highest BCUT2D eigenvalue weighted by atomic mass is 32.2. The predicted octanol–water partition coefficient (Wildman–Crippen LogP) is 2.00. The minimum absolute atomic E-state index is 0.0323. The van der Waals surface area contributed by atoms with Gasteiger partial charge >= 0.3 is 0 Å². The van der Waals surface area contributed by atoms with Crippen molar-refractivity contribution in [3.8, 4) is 0 Å². The van der Waals surface area contributed by atoms with E-state index in [2.05, 4.69) is 13.8 Å². The second kappa shape index (κ2) is 6.24. The zero-order valence-electron chi connectivity index (χ0n) is 12.2. The Morgan fingerprint density at radius 1 is 1.30 bits per heavy atom. The van der Waals surface area contributed by atoms with Crippen molar-refractivity contribution < 1.29 is 8.42 Å². The first-order valence-electron chi connectivity index (χ1n) is 7.24. The van der Waals surface area contributed by atoms with E-state index in [1.54, 1.807) is 12.1 Å². The van der Waals surface area contributed by atoms with Crippen molar-refractivity contribution in [1.82, 2.24) is 4.31 Å². The zero-order valence-corrected chi connectivity index (χ0v) is 13.1. The van der Waals surface area contributed by atoms with Crippen LogP contribution in [0, 0.1) is 5.92 Å². The molecule has 1 heterocycles. The molecule has 20 heavy (non-hydrogen) atoms. The quantitative estimate of drug-likeness (QED) is 0.904. The Labute approximate surface area is 122 Å². The first-order valence-corrected chi connectivity index (χ1v) is 8.68. The number of hydrogen-bond donors (Lipinski definition) is 1. The van der Waals surface area contributed by atoms with Gasteiger partial charge in [0.2, 0.25) is 10.0 Å². The highest BCUT2D eigenvalue weighted by molar-refractivity contribution is 7.89. The average molecular weight is 296 g/mol. The van der Waals surface area contributed by atoms with E-state index in [9.17, 15) is 8.42 Å². The van der Waals surface area contributed by atoms with Gasteiger partial charge in [-0.15, -0.1) is 0 Å². The van der Waals surface area contributed by atoms with Gasteiger partial charge in [-0.25, -0.2) is 8.42 Å². The first-order chi connectivity index (χ1) is 9.39. The molecule has 1 aromatic carbocycles. The van der Waals surface area contributed by atoms with Gasteiger partial charge in [-0.1, -0.05) is 26.0 Å². The molecule has 0 unspecified atom stereocenters. The summed E-state index contributed by atoms with van der Waals surface area (Å²) in [6.07, 6.45) is 2.85. The molecule has 112 valence electrons. The third kappa shape index (κ3) is 3.59. The fourth-order valence-corrected chi connectivity index (χ4v) is 3.92. The van der Waals surface area contributed by atoms with E-state index in [-0.39, 0.29) is 6.04 Å². The van der Waals surface area contributed by atoms with Crippen molar-refractivity contribution in [2.45, 2.75) is 44.0 Å². The van der Waals surface area contributed by atoms with Crippen LogP contribution in [0.3, 0.4) is 0 Å². The smallest absolute Gasteiger partial charge is 0.243 e. The Hall–Kier alpha value is -0.910. The minimum Gasteiger partial charge on any atom is -0.326 e. The van der Waals surface area contributed by atoms with Gasteiger partial charge in [0, 0.05) is 19.1 Å². The normalized spacial score (nSPS) is 20.7. The molecule has 1 saturated heterocycles. The lowest BCUT2D eigenvalue weighted by molar-refractivity contribution is 0.472. The summed E-state index contributed by atoms with van der Waals surface area (Å²) in [7, 11) is -3.37. The summed E-state index contributed by atoms with van der Waals surface area (Å²) in [5.41, 5.74) is 6.98. The molecule has 5 heteroatoms. The zero-order chi connectivity index (χ0) is 14.8. The third-order valence-corrected chi connectivity index (χ3v) is 5.64. The van der Waals surface area contributed by atoms with E-state index in [0.717, 1.165) is 19.3 Å². The minimum atomic E-state index is -3.37. The fourth-order valence-electron chi connectivity index (χ4n) is 2.40. The largest absolute Gasteiger partial charge is 0.326 e. The summed E-state index contributed by atoms with van der Waals surface area (Å²) in [5.74, 6) is 0.657. The van der Waals surface area contributed by atoms with E-state index in [1.165, 1.54) is 9.87 Å². The number of rotatable bonds is 5. The molecule has 1 aliphatic rings. The van der Waals surface area contributed by atoms with Gasteiger partial charge in [0.25, 0.3) is 0 Å². The molecular formula is C15H24N2O2S. The number of sulfonamides is 1. The van der Waals surface area contributed by atoms with Gasteiger partial charge in [0.15, 0.2) is 0 Å². The van der Waals surface area contributed by atoms with Crippen LogP contribution in [-0.4, -0.2) is 31.9 Å². The molecule has 0 aromatic heterocycles. The van der Waals surface area contributed by atoms with E-state index < -0.39 is 10.0 Å². The van der Waals surface area contributed by atoms with E-state index >= 15 is 0 Å². The van der Waals surface area contributed by atoms with Crippen molar-refractivity contribution in [2.75, 3.05) is 13.1 Å². The Kier molecular flexibility index (Phi) is 4.83. The third-order valence-electron chi connectivity index (χ3n) is 3.76. The van der Waals surface area contributed by atoms with Crippen molar-refractivity contribution in [1.29, 1.82) is 0 Å². The molecule has 0 radical (unpaired) electrons. The van der Waals surface area contributed by atoms with Crippen LogP contribution in [0.5, 0.6) is 0 Å². The molecule has 4 nitrogen and oxygen atoms in total. The van der Waals surface area contributed by atoms with Gasteiger partial charge in [0.1, 0.15) is 0 Å². The molecule has 1 fully saturated rings. The summed E-state index contributed by atoms with van der Waals surface area (Å²) in [6.45, 7) is 5.33. The number of nitrogens with two attached hydrogens (primary N) is 1. The van der Waals surface area contributed by atoms with Gasteiger partial charge in [-0.3, -0.25) is 0 Å². The summed E-state index contributed by atoms with van der Waals surface area (Å²) in [5, 5.41) is 0. The van der Waals surface area contributed by atoms with Crippen LogP contribution >= 0.6 is 0 Å². The molecule has 0 saturated carbocycles. The maximum atomic E-state index is 12.4. The summed E-state index contributed by atoms with van der Waals surface area (Å²) in [4.78, 5) is 0.375. The Morgan fingerprint density at radius 3 is 2.45 bits per heavy atom. The number of hydrogen-bond acceptors (Lipinski definition) is 3. The molecule has 1 aliphatic heterocycles. The molecule has 2 N–H and O–H groups in total. The monoisotopic (exact) mass is 296 g/mol. The van der Waals surface area contributed by atoms with E-state index in [1.807, 2.05) is 12.1 Å². The maximum Gasteiger partial charge on any atom is 0.243 e. The molecule has 1 aromatic rings. The van der Waals surface area contributed by atoms with Crippen molar-refractivity contribution >= 4 is 10.0 Å². The van der Waals surface area contributed by atoms with Crippen LogP contribution in [-0.2, 0) is 16.4 Å². The standard InChI is InChI=1S/C15H24N2O2S/c1-12(2)3-4-13-5-7-15(8-6-13)20(18,19)17-10-9-14(16)11-17/h5-8,12,14H,3-4,9-11,16H2,1-2H3/t14-/m1/s1. The second-order valence-corrected chi connectivity index (χ2v) is 7.93. The van der Waals surface area contributed by atoms with Crippen molar-refractivity contribution in [3.63, 3.8) is 0 Å². The van der Waals surface area contributed by atoms with Crippen LogP contribution in [0.15, 0.2) is 29.2 Å². The molecule has 0 amide bonds. The Bertz CT molecular complexity index is 537. The lowest BCUT2D eigenvalue weighted by Crippen LogP contribution is -2.31. The molecule has 0 aliphatic carbocycles. The Balaban J connectivity index is 2.09. The van der Waals surface area contributed by atoms with Gasteiger partial charge in [-0.05, 0) is 42.9 Å². The van der Waals surface area contributed by atoms with E-state index in [4.69, 9.17) is 5.73 Å². The fraction of sp³-hybridized carbons (Fsp3) is 0.600. The SMILES string of the molecule is CC(C)CCc1ccc(S(=O)(=O)N2CC[C@@H](N)C2)cc1. The van der Waals surface area contributed by atoms with Crippen molar-refractivity contribution in [2.24, 2.45) is 11.7 Å².